The summed E-state index contributed by atoms with van der Waals surface area (Å²) in [5.41, 5.74) is 1.57. The van der Waals surface area contributed by atoms with E-state index in [1.165, 1.54) is 22.7 Å². The van der Waals surface area contributed by atoms with Crippen molar-refractivity contribution in [3.05, 3.63) is 93.1 Å². The number of nitrogens with one attached hydrogen (secondary N) is 1. The van der Waals surface area contributed by atoms with Gasteiger partial charge in [-0.2, -0.15) is 0 Å². The largest absolute Gasteiger partial charge is 0.457 e. The quantitative estimate of drug-likeness (QED) is 0.429. The zero-order valence-electron chi connectivity index (χ0n) is 17.0. The van der Waals surface area contributed by atoms with Crippen LogP contribution in [0.3, 0.4) is 0 Å². The lowest BCUT2D eigenvalue weighted by atomic mass is 10.1. The highest BCUT2D eigenvalue weighted by Gasteiger charge is 2.25. The number of thiazole rings is 1. The van der Waals surface area contributed by atoms with Crippen molar-refractivity contribution in [2.24, 2.45) is 0 Å². The molecule has 3 heterocycles. The second-order valence-corrected chi connectivity index (χ2v) is 9.27. The van der Waals surface area contributed by atoms with Crippen molar-refractivity contribution in [2.75, 3.05) is 11.9 Å². The molecule has 0 spiro atoms. The fraction of sp³-hybridized carbons (Fsp3) is 0.125. The highest BCUT2D eigenvalue weighted by atomic mass is 32.1. The predicted molar refractivity (Wildman–Crippen MR) is 126 cm³/mol. The number of rotatable bonds is 5. The van der Waals surface area contributed by atoms with Crippen LogP contribution in [0.5, 0.6) is 11.5 Å². The van der Waals surface area contributed by atoms with E-state index in [0.29, 0.717) is 40.8 Å². The Morgan fingerprint density at radius 2 is 1.75 bits per heavy atom. The summed E-state index contributed by atoms with van der Waals surface area (Å²) in [4.78, 5) is 33.3. The summed E-state index contributed by atoms with van der Waals surface area (Å²) in [6, 6.07) is 20.3. The third-order valence-electron chi connectivity index (χ3n) is 5.06. The average molecular weight is 462 g/mol. The Bertz CT molecular complexity index is 1240. The van der Waals surface area contributed by atoms with Crippen molar-refractivity contribution in [1.82, 2.24) is 9.88 Å². The van der Waals surface area contributed by atoms with Crippen molar-refractivity contribution in [3.63, 3.8) is 0 Å². The van der Waals surface area contributed by atoms with Crippen LogP contribution in [-0.4, -0.2) is 28.2 Å². The first-order chi connectivity index (χ1) is 15.7. The number of ether oxygens (including phenoxy) is 1. The molecule has 2 amide bonds. The highest BCUT2D eigenvalue weighted by molar-refractivity contribution is 7.16. The maximum Gasteiger partial charge on any atom is 0.267 e. The zero-order valence-corrected chi connectivity index (χ0v) is 18.6. The SMILES string of the molecule is O=C(Nc1nc2c(s1)CN(C(=O)c1ccc(Oc3ccccc3)cc1)CC2)c1cccs1. The molecule has 2 aromatic carbocycles. The van der Waals surface area contributed by atoms with E-state index in [9.17, 15) is 9.59 Å². The van der Waals surface area contributed by atoms with E-state index in [1.807, 2.05) is 46.7 Å². The number of carbonyl (C=O) groups is 2. The van der Waals surface area contributed by atoms with Gasteiger partial charge in [0.05, 0.1) is 17.1 Å². The van der Waals surface area contributed by atoms with Crippen LogP contribution in [0.15, 0.2) is 72.1 Å². The molecule has 5 rings (SSSR count). The van der Waals surface area contributed by atoms with Gasteiger partial charge in [-0.15, -0.1) is 11.3 Å². The predicted octanol–water partition coefficient (Wildman–Crippen LogP) is 5.45. The Morgan fingerprint density at radius 1 is 0.969 bits per heavy atom. The van der Waals surface area contributed by atoms with Crippen LogP contribution in [0.4, 0.5) is 5.13 Å². The molecule has 0 saturated carbocycles. The summed E-state index contributed by atoms with van der Waals surface area (Å²) in [7, 11) is 0. The Morgan fingerprint density at radius 3 is 2.50 bits per heavy atom. The monoisotopic (exact) mass is 461 g/mol. The van der Waals surface area contributed by atoms with Gasteiger partial charge in [0, 0.05) is 23.4 Å². The molecule has 0 aliphatic carbocycles. The fourth-order valence-corrected chi connectivity index (χ4v) is 5.10. The first-order valence-corrected chi connectivity index (χ1v) is 11.8. The van der Waals surface area contributed by atoms with Crippen LogP contribution in [0.1, 0.15) is 30.6 Å². The normalized spacial score (nSPS) is 12.8. The molecule has 32 heavy (non-hydrogen) atoms. The number of thiophene rings is 1. The van der Waals surface area contributed by atoms with E-state index in [0.717, 1.165) is 16.3 Å². The van der Waals surface area contributed by atoms with Crippen molar-refractivity contribution >= 4 is 39.6 Å². The van der Waals surface area contributed by atoms with Gasteiger partial charge in [-0.3, -0.25) is 14.9 Å². The highest BCUT2D eigenvalue weighted by Crippen LogP contribution is 2.30. The summed E-state index contributed by atoms with van der Waals surface area (Å²) in [5.74, 6) is 1.25. The second kappa shape index (κ2) is 8.94. The van der Waals surface area contributed by atoms with Crippen molar-refractivity contribution in [2.45, 2.75) is 13.0 Å². The van der Waals surface area contributed by atoms with Gasteiger partial charge >= 0.3 is 0 Å². The standard InChI is InChI=1S/C24H19N3O3S2/c28-22(20-7-4-14-31-20)26-24-25-19-12-13-27(15-21(19)32-24)23(29)16-8-10-18(11-9-16)30-17-5-2-1-3-6-17/h1-11,14H,12-13,15H2,(H,25,26,28). The Kier molecular flexibility index (Phi) is 5.70. The summed E-state index contributed by atoms with van der Waals surface area (Å²) < 4.78 is 5.80. The third-order valence-corrected chi connectivity index (χ3v) is 6.93. The minimum atomic E-state index is -0.156. The fourth-order valence-electron chi connectivity index (χ4n) is 3.46. The molecule has 1 aliphatic heterocycles. The molecular formula is C24H19N3O3S2. The number of fused-ring (bicyclic) bond motifs is 1. The van der Waals surface area contributed by atoms with Crippen LogP contribution >= 0.6 is 22.7 Å². The van der Waals surface area contributed by atoms with Crippen LogP contribution in [0, 0.1) is 0 Å². The van der Waals surface area contributed by atoms with E-state index in [4.69, 9.17) is 4.74 Å². The number of hydrogen-bond acceptors (Lipinski definition) is 6. The third kappa shape index (κ3) is 4.42. The second-order valence-electron chi connectivity index (χ2n) is 7.24. The molecule has 4 aromatic rings. The van der Waals surface area contributed by atoms with Gasteiger partial charge in [-0.25, -0.2) is 4.98 Å². The van der Waals surface area contributed by atoms with Crippen molar-refractivity contribution in [3.8, 4) is 11.5 Å². The number of carbonyl (C=O) groups excluding carboxylic acids is 2. The molecular weight excluding hydrogens is 442 g/mol. The van der Waals surface area contributed by atoms with Gasteiger partial charge in [0.25, 0.3) is 11.8 Å². The van der Waals surface area contributed by atoms with Gasteiger partial charge in [0.15, 0.2) is 5.13 Å². The van der Waals surface area contributed by atoms with Gasteiger partial charge < -0.3 is 9.64 Å². The van der Waals surface area contributed by atoms with E-state index in [2.05, 4.69) is 10.3 Å². The molecule has 0 radical (unpaired) electrons. The molecule has 6 nitrogen and oxygen atoms in total. The first-order valence-electron chi connectivity index (χ1n) is 10.1. The number of hydrogen-bond donors (Lipinski definition) is 1. The lowest BCUT2D eigenvalue weighted by molar-refractivity contribution is 0.0736. The van der Waals surface area contributed by atoms with E-state index in [-0.39, 0.29) is 11.8 Å². The average Bonchev–Trinajstić information content (AvgIpc) is 3.49. The number of benzene rings is 2. The minimum absolute atomic E-state index is 0.0283. The zero-order chi connectivity index (χ0) is 21.9. The summed E-state index contributed by atoms with van der Waals surface area (Å²) in [6.45, 7) is 1.08. The lowest BCUT2D eigenvalue weighted by Crippen LogP contribution is -2.35. The van der Waals surface area contributed by atoms with E-state index >= 15 is 0 Å². The Balaban J connectivity index is 1.23. The number of nitrogens with zero attached hydrogens (tertiary/aromatic N) is 2. The lowest BCUT2D eigenvalue weighted by Gasteiger charge is -2.26. The topological polar surface area (TPSA) is 71.5 Å². The minimum Gasteiger partial charge on any atom is -0.457 e. The van der Waals surface area contributed by atoms with Crippen LogP contribution in [0.2, 0.25) is 0 Å². The van der Waals surface area contributed by atoms with E-state index in [1.54, 1.807) is 30.3 Å². The van der Waals surface area contributed by atoms with Crippen molar-refractivity contribution < 1.29 is 14.3 Å². The smallest absolute Gasteiger partial charge is 0.267 e. The molecule has 0 saturated heterocycles. The molecule has 1 aliphatic rings. The Labute approximate surface area is 193 Å². The first kappa shape index (κ1) is 20.4. The maximum atomic E-state index is 13.0. The molecule has 0 unspecified atom stereocenters. The van der Waals surface area contributed by atoms with E-state index < -0.39 is 0 Å². The molecule has 2 aromatic heterocycles. The van der Waals surface area contributed by atoms with Gasteiger partial charge in [0.1, 0.15) is 11.5 Å². The summed E-state index contributed by atoms with van der Waals surface area (Å²) >= 11 is 2.82. The Hall–Kier alpha value is -3.49. The van der Waals surface area contributed by atoms with Crippen LogP contribution in [0.25, 0.3) is 0 Å². The molecule has 0 atom stereocenters. The molecule has 0 fully saturated rings. The summed E-state index contributed by atoms with van der Waals surface area (Å²) in [5, 5.41) is 5.31. The van der Waals surface area contributed by atoms with Crippen molar-refractivity contribution in [1.29, 1.82) is 0 Å². The maximum absolute atomic E-state index is 13.0. The molecule has 0 bridgehead atoms. The number of anilines is 1. The van der Waals surface area contributed by atoms with Crippen LogP contribution in [-0.2, 0) is 13.0 Å². The summed E-state index contributed by atoms with van der Waals surface area (Å²) in [6.07, 6.45) is 0.668. The molecule has 160 valence electrons. The number of aromatic nitrogens is 1. The number of amides is 2. The molecule has 8 heteroatoms. The van der Waals surface area contributed by atoms with Gasteiger partial charge in [0.2, 0.25) is 0 Å². The van der Waals surface area contributed by atoms with Gasteiger partial charge in [-0.1, -0.05) is 35.6 Å². The van der Waals surface area contributed by atoms with Gasteiger partial charge in [-0.05, 0) is 47.8 Å². The van der Waals surface area contributed by atoms with Crippen LogP contribution < -0.4 is 10.1 Å². The number of para-hydroxylation sites is 1. The molecule has 1 N–H and O–H groups in total.